The summed E-state index contributed by atoms with van der Waals surface area (Å²) in [7, 11) is 0. The maximum atomic E-state index is 13.3. The van der Waals surface area contributed by atoms with E-state index in [-0.39, 0.29) is 17.9 Å². The van der Waals surface area contributed by atoms with Crippen LogP contribution in [0.5, 0.6) is 0 Å². The maximum absolute atomic E-state index is 13.3. The van der Waals surface area contributed by atoms with Gasteiger partial charge in [-0.05, 0) is 32.1 Å². The number of Topliss-reactive ketones (excluding diaryl/α,β-unsaturated/α-hetero) is 2. The van der Waals surface area contributed by atoms with E-state index in [2.05, 4.69) is 6.58 Å². The first-order valence-corrected chi connectivity index (χ1v) is 9.13. The Kier molecular flexibility index (Phi) is 2.55. The molecule has 4 aliphatic carbocycles. The van der Waals surface area contributed by atoms with E-state index in [0.29, 0.717) is 19.3 Å². The molecule has 6 nitrogen and oxygen atoms in total. The van der Waals surface area contributed by atoms with E-state index in [1.165, 1.54) is 0 Å². The normalized spacial score (nSPS) is 56.8. The molecule has 0 amide bonds. The molecule has 1 aliphatic heterocycles. The van der Waals surface area contributed by atoms with E-state index in [1.807, 2.05) is 0 Å². The number of allylic oxidation sites excluding steroid dienone is 2. The molecular formula is C20H22O6. The quantitative estimate of drug-likeness (QED) is 0.537. The number of ketones is 2. The van der Waals surface area contributed by atoms with Gasteiger partial charge in [-0.15, -0.1) is 6.58 Å². The Hall–Kier alpha value is -1.79. The van der Waals surface area contributed by atoms with Gasteiger partial charge in [-0.25, -0.2) is 0 Å². The average Bonchev–Trinajstić information content (AvgIpc) is 3.26. The van der Waals surface area contributed by atoms with Gasteiger partial charge in [-0.1, -0.05) is 19.1 Å². The fourth-order valence-corrected chi connectivity index (χ4v) is 6.57. The second-order valence-corrected chi connectivity index (χ2v) is 9.32. The van der Waals surface area contributed by atoms with Crippen LogP contribution in [0.25, 0.3) is 0 Å². The van der Waals surface area contributed by atoms with Gasteiger partial charge in [0.25, 0.3) is 5.79 Å². The largest absolute Gasteiger partial charge is 0.424 e. The molecule has 0 bridgehead atoms. The van der Waals surface area contributed by atoms with Crippen molar-refractivity contribution in [3.05, 3.63) is 24.3 Å². The van der Waals surface area contributed by atoms with Crippen LogP contribution in [-0.4, -0.2) is 39.1 Å². The summed E-state index contributed by atoms with van der Waals surface area (Å²) in [5.41, 5.74) is -4.97. The van der Waals surface area contributed by atoms with Crippen LogP contribution in [0, 0.1) is 28.1 Å². The van der Waals surface area contributed by atoms with E-state index >= 15 is 0 Å². The van der Waals surface area contributed by atoms with Gasteiger partial charge in [0.15, 0.2) is 11.4 Å². The molecule has 7 unspecified atom stereocenters. The van der Waals surface area contributed by atoms with Crippen molar-refractivity contribution in [3.63, 3.8) is 0 Å². The van der Waals surface area contributed by atoms with Gasteiger partial charge in [0.2, 0.25) is 5.78 Å². The lowest BCUT2D eigenvalue weighted by Gasteiger charge is -2.55. The molecule has 6 heteroatoms. The smallest absolute Gasteiger partial charge is 0.315 e. The van der Waals surface area contributed by atoms with Crippen LogP contribution in [0.1, 0.15) is 39.5 Å². The summed E-state index contributed by atoms with van der Waals surface area (Å²) >= 11 is 0. The molecule has 0 radical (unpaired) electrons. The van der Waals surface area contributed by atoms with Crippen molar-refractivity contribution in [3.8, 4) is 0 Å². The number of carbonyl (C=O) groups excluding carboxylic acids is 3. The molecule has 5 rings (SSSR count). The number of carbonyl (C=O) groups is 3. The second kappa shape index (κ2) is 4.04. The number of aliphatic hydroxyl groups is 2. The summed E-state index contributed by atoms with van der Waals surface area (Å²) in [5.74, 6) is -5.13. The molecular weight excluding hydrogens is 336 g/mol. The molecule has 0 aromatic carbocycles. The van der Waals surface area contributed by atoms with Crippen LogP contribution in [0.15, 0.2) is 24.3 Å². The lowest BCUT2D eigenvalue weighted by molar-refractivity contribution is -0.234. The summed E-state index contributed by atoms with van der Waals surface area (Å²) in [6.07, 6.45) is 4.79. The third kappa shape index (κ3) is 1.34. The van der Waals surface area contributed by atoms with Gasteiger partial charge in [-0.3, -0.25) is 14.4 Å². The van der Waals surface area contributed by atoms with Crippen molar-refractivity contribution < 1.29 is 29.3 Å². The van der Waals surface area contributed by atoms with Crippen molar-refractivity contribution in [2.24, 2.45) is 28.1 Å². The molecule has 1 heterocycles. The number of hydrogen-bond acceptors (Lipinski definition) is 6. The molecule has 7 atom stereocenters. The molecule has 3 saturated carbocycles. The number of rotatable bonds is 1. The zero-order valence-corrected chi connectivity index (χ0v) is 14.9. The molecule has 0 aromatic rings. The molecule has 5 aliphatic rings. The molecule has 4 fully saturated rings. The highest BCUT2D eigenvalue weighted by Gasteiger charge is 2.89. The van der Waals surface area contributed by atoms with E-state index < -0.39 is 51.1 Å². The van der Waals surface area contributed by atoms with Gasteiger partial charge in [0.05, 0.1) is 11.3 Å². The molecule has 138 valence electrons. The van der Waals surface area contributed by atoms with Gasteiger partial charge < -0.3 is 14.9 Å². The van der Waals surface area contributed by atoms with Gasteiger partial charge in [0, 0.05) is 22.8 Å². The Morgan fingerprint density at radius 1 is 1.27 bits per heavy atom. The van der Waals surface area contributed by atoms with Crippen LogP contribution in [0.4, 0.5) is 0 Å². The monoisotopic (exact) mass is 358 g/mol. The fraction of sp³-hybridized carbons (Fsp3) is 0.650. The van der Waals surface area contributed by atoms with Crippen LogP contribution in [0.3, 0.4) is 0 Å². The van der Waals surface area contributed by atoms with Crippen molar-refractivity contribution in [1.29, 1.82) is 0 Å². The maximum Gasteiger partial charge on any atom is 0.315 e. The number of hydrogen-bond donors (Lipinski definition) is 2. The standard InChI is InChI=1S/C20H22O6/c1-4-16(2)8-11-13(22)20(25)14-17(3,15(23)26-20)6-5-10-7-18(10,14)19(11,24)12(21)9-16/h4,8,10,14,24-25H,1,5-7,9H2,2-3H3. The molecule has 2 N–H and O–H groups in total. The average molecular weight is 358 g/mol. The predicted molar refractivity (Wildman–Crippen MR) is 88.4 cm³/mol. The van der Waals surface area contributed by atoms with Crippen LogP contribution in [0.2, 0.25) is 0 Å². The topological polar surface area (TPSA) is 101 Å². The lowest BCUT2D eigenvalue weighted by Crippen LogP contribution is -2.70. The Bertz CT molecular complexity index is 858. The SMILES string of the molecule is C=CC1(C)C=C2C(=O)C3(O)OC(=O)C4(C)CCC5CC5(C43)C2(O)C(=O)C1. The third-order valence-corrected chi connectivity index (χ3v) is 7.94. The number of esters is 1. The minimum absolute atomic E-state index is 0.0138. The first-order chi connectivity index (χ1) is 12.0. The number of ether oxygens (including phenoxy) is 1. The third-order valence-electron chi connectivity index (χ3n) is 7.94. The Morgan fingerprint density at radius 3 is 2.62 bits per heavy atom. The highest BCUT2D eigenvalue weighted by Crippen LogP contribution is 2.80. The second-order valence-electron chi connectivity index (χ2n) is 9.32. The minimum atomic E-state index is -2.31. The summed E-state index contributed by atoms with van der Waals surface area (Å²) in [5, 5.41) is 22.9. The first kappa shape index (κ1) is 16.4. The van der Waals surface area contributed by atoms with E-state index in [0.717, 1.165) is 0 Å². The number of fused-ring (bicyclic) bond motifs is 1. The Morgan fingerprint density at radius 2 is 1.96 bits per heavy atom. The zero-order chi connectivity index (χ0) is 18.9. The van der Waals surface area contributed by atoms with Crippen molar-refractivity contribution in [2.75, 3.05) is 0 Å². The van der Waals surface area contributed by atoms with Gasteiger partial charge >= 0.3 is 5.97 Å². The molecule has 1 saturated heterocycles. The summed E-state index contributed by atoms with van der Waals surface area (Å²) in [6.45, 7) is 7.17. The van der Waals surface area contributed by atoms with Crippen LogP contribution >= 0.6 is 0 Å². The lowest BCUT2D eigenvalue weighted by atomic mass is 9.47. The highest BCUT2D eigenvalue weighted by atomic mass is 16.7. The highest BCUT2D eigenvalue weighted by molar-refractivity contribution is 6.15. The van der Waals surface area contributed by atoms with E-state index in [1.54, 1.807) is 26.0 Å². The Balaban J connectivity index is 1.83. The van der Waals surface area contributed by atoms with Crippen molar-refractivity contribution in [1.82, 2.24) is 0 Å². The summed E-state index contributed by atoms with van der Waals surface area (Å²) in [6, 6.07) is 0. The Labute approximate surface area is 150 Å². The fourth-order valence-electron chi connectivity index (χ4n) is 6.57. The predicted octanol–water partition coefficient (Wildman–Crippen LogP) is 1.06. The van der Waals surface area contributed by atoms with Crippen LogP contribution in [-0.2, 0) is 19.1 Å². The van der Waals surface area contributed by atoms with Crippen molar-refractivity contribution in [2.45, 2.75) is 50.9 Å². The van der Waals surface area contributed by atoms with Crippen molar-refractivity contribution >= 4 is 17.5 Å². The molecule has 0 aromatic heterocycles. The van der Waals surface area contributed by atoms with Gasteiger partial charge in [0.1, 0.15) is 0 Å². The van der Waals surface area contributed by atoms with E-state index in [9.17, 15) is 24.6 Å². The minimum Gasteiger partial charge on any atom is -0.424 e. The summed E-state index contributed by atoms with van der Waals surface area (Å²) < 4.78 is 5.28. The zero-order valence-electron chi connectivity index (χ0n) is 14.9. The van der Waals surface area contributed by atoms with E-state index in [4.69, 9.17) is 4.74 Å². The van der Waals surface area contributed by atoms with Gasteiger partial charge in [-0.2, -0.15) is 0 Å². The molecule has 1 spiro atoms. The summed E-state index contributed by atoms with van der Waals surface area (Å²) in [4.78, 5) is 39.1. The first-order valence-electron chi connectivity index (χ1n) is 9.13. The van der Waals surface area contributed by atoms with Crippen LogP contribution < -0.4 is 0 Å². The molecule has 26 heavy (non-hydrogen) atoms.